The molecule has 0 atom stereocenters. The standard InChI is InChI=1S/C21H12Cl2N2O4/c22-12-6-8-15(17(23)10-12)18-9-7-14(29-18)11-16-19(26)24-21(28)25(20(16)27)13-4-2-1-3-5-13/h1-11H,(H,24,26,28)/b16-11-. The first kappa shape index (κ1) is 19.0. The molecule has 0 radical (unpaired) electrons. The van der Waals surface area contributed by atoms with E-state index in [2.05, 4.69) is 5.32 Å². The van der Waals surface area contributed by atoms with Crippen molar-refractivity contribution >= 4 is 52.8 Å². The fourth-order valence-electron chi connectivity index (χ4n) is 2.88. The Morgan fingerprint density at radius 2 is 1.69 bits per heavy atom. The smallest absolute Gasteiger partial charge is 0.335 e. The van der Waals surface area contributed by atoms with Crippen molar-refractivity contribution < 1.29 is 18.8 Å². The number of urea groups is 1. The summed E-state index contributed by atoms with van der Waals surface area (Å²) in [6, 6.07) is 15.7. The second-order valence-electron chi connectivity index (χ2n) is 6.12. The van der Waals surface area contributed by atoms with E-state index in [9.17, 15) is 14.4 Å². The third kappa shape index (κ3) is 3.68. The van der Waals surface area contributed by atoms with Gasteiger partial charge in [-0.3, -0.25) is 14.9 Å². The van der Waals surface area contributed by atoms with Crippen LogP contribution in [0.25, 0.3) is 17.4 Å². The van der Waals surface area contributed by atoms with Crippen LogP contribution in [0.2, 0.25) is 10.0 Å². The minimum absolute atomic E-state index is 0.225. The molecule has 8 heteroatoms. The summed E-state index contributed by atoms with van der Waals surface area (Å²) in [5.41, 5.74) is 0.735. The molecular weight excluding hydrogens is 415 g/mol. The van der Waals surface area contributed by atoms with E-state index in [4.69, 9.17) is 27.6 Å². The minimum atomic E-state index is -0.809. The van der Waals surface area contributed by atoms with Gasteiger partial charge in [-0.05, 0) is 48.5 Å². The quantitative estimate of drug-likeness (QED) is 0.476. The lowest BCUT2D eigenvalue weighted by Crippen LogP contribution is -2.54. The van der Waals surface area contributed by atoms with E-state index in [1.807, 2.05) is 0 Å². The van der Waals surface area contributed by atoms with Crippen molar-refractivity contribution in [1.29, 1.82) is 0 Å². The molecular formula is C21H12Cl2N2O4. The highest BCUT2D eigenvalue weighted by atomic mass is 35.5. The van der Waals surface area contributed by atoms with Crippen LogP contribution in [-0.4, -0.2) is 17.8 Å². The van der Waals surface area contributed by atoms with Crippen LogP contribution in [0.3, 0.4) is 0 Å². The molecule has 29 heavy (non-hydrogen) atoms. The number of amides is 4. The molecule has 1 aliphatic rings. The zero-order chi connectivity index (χ0) is 20.5. The summed E-state index contributed by atoms with van der Waals surface area (Å²) in [5, 5.41) is 3.05. The number of imide groups is 2. The van der Waals surface area contributed by atoms with Crippen molar-refractivity contribution in [2.24, 2.45) is 0 Å². The van der Waals surface area contributed by atoms with Gasteiger partial charge < -0.3 is 4.42 Å². The first-order chi connectivity index (χ1) is 13.9. The Labute approximate surface area is 175 Å². The van der Waals surface area contributed by atoms with E-state index < -0.39 is 17.8 Å². The van der Waals surface area contributed by atoms with Gasteiger partial charge in [0.1, 0.15) is 17.1 Å². The number of barbiturate groups is 1. The molecule has 4 rings (SSSR count). The molecule has 1 fully saturated rings. The molecule has 4 amide bonds. The Morgan fingerprint density at radius 3 is 2.41 bits per heavy atom. The normalized spacial score (nSPS) is 15.7. The SMILES string of the molecule is O=C1NC(=O)N(c2ccccc2)C(=O)/C1=C\c1ccc(-c2ccc(Cl)cc2Cl)o1. The number of hydrogen-bond acceptors (Lipinski definition) is 4. The van der Waals surface area contributed by atoms with Crippen LogP contribution in [0.5, 0.6) is 0 Å². The largest absolute Gasteiger partial charge is 0.457 e. The summed E-state index contributed by atoms with van der Waals surface area (Å²) >= 11 is 12.1. The molecule has 0 bridgehead atoms. The number of anilines is 1. The molecule has 0 aliphatic carbocycles. The van der Waals surface area contributed by atoms with Gasteiger partial charge in [0.15, 0.2) is 0 Å². The number of para-hydroxylation sites is 1. The first-order valence-electron chi connectivity index (χ1n) is 8.46. The monoisotopic (exact) mass is 426 g/mol. The Bertz CT molecular complexity index is 1170. The van der Waals surface area contributed by atoms with Gasteiger partial charge in [-0.15, -0.1) is 0 Å². The number of carbonyl (C=O) groups is 3. The lowest BCUT2D eigenvalue weighted by atomic mass is 10.1. The maximum absolute atomic E-state index is 12.8. The predicted octanol–water partition coefficient (Wildman–Crippen LogP) is 4.92. The highest BCUT2D eigenvalue weighted by molar-refractivity contribution is 6.39. The molecule has 1 N–H and O–H groups in total. The van der Waals surface area contributed by atoms with Crippen LogP contribution in [0.15, 0.2) is 70.7 Å². The van der Waals surface area contributed by atoms with E-state index in [-0.39, 0.29) is 11.3 Å². The van der Waals surface area contributed by atoms with Crippen LogP contribution < -0.4 is 10.2 Å². The number of furan rings is 1. The third-order valence-corrected chi connectivity index (χ3v) is 4.77. The Morgan fingerprint density at radius 1 is 0.931 bits per heavy atom. The number of halogens is 2. The summed E-state index contributed by atoms with van der Waals surface area (Å²) < 4.78 is 5.72. The van der Waals surface area contributed by atoms with Crippen LogP contribution in [0, 0.1) is 0 Å². The van der Waals surface area contributed by atoms with Crippen molar-refractivity contribution in [2.45, 2.75) is 0 Å². The molecule has 2 heterocycles. The van der Waals surface area contributed by atoms with Gasteiger partial charge >= 0.3 is 6.03 Å². The Kier molecular flexibility index (Phi) is 4.96. The average molecular weight is 427 g/mol. The molecule has 3 aromatic rings. The van der Waals surface area contributed by atoms with Crippen molar-refractivity contribution in [3.63, 3.8) is 0 Å². The molecule has 0 unspecified atom stereocenters. The fraction of sp³-hybridized carbons (Fsp3) is 0. The topological polar surface area (TPSA) is 79.6 Å². The van der Waals surface area contributed by atoms with Gasteiger partial charge in [-0.1, -0.05) is 41.4 Å². The lowest BCUT2D eigenvalue weighted by Gasteiger charge is -2.26. The van der Waals surface area contributed by atoms with E-state index >= 15 is 0 Å². The van der Waals surface area contributed by atoms with Crippen LogP contribution in [-0.2, 0) is 9.59 Å². The molecule has 6 nitrogen and oxygen atoms in total. The second-order valence-corrected chi connectivity index (χ2v) is 6.96. The Balaban J connectivity index is 1.68. The van der Waals surface area contributed by atoms with Crippen molar-refractivity contribution in [2.75, 3.05) is 4.90 Å². The summed E-state index contributed by atoms with van der Waals surface area (Å²) in [5.74, 6) is -0.841. The molecule has 1 saturated heterocycles. The second kappa shape index (κ2) is 7.58. The van der Waals surface area contributed by atoms with Gasteiger partial charge in [-0.2, -0.15) is 0 Å². The summed E-state index contributed by atoms with van der Waals surface area (Å²) in [7, 11) is 0. The summed E-state index contributed by atoms with van der Waals surface area (Å²) in [4.78, 5) is 38.1. The maximum atomic E-state index is 12.8. The number of benzene rings is 2. The van der Waals surface area contributed by atoms with E-state index in [0.717, 1.165) is 4.90 Å². The third-order valence-electron chi connectivity index (χ3n) is 4.23. The molecule has 2 aromatic carbocycles. The summed E-state index contributed by atoms with van der Waals surface area (Å²) in [6.07, 6.45) is 1.29. The fourth-order valence-corrected chi connectivity index (χ4v) is 3.38. The molecule has 0 saturated carbocycles. The molecule has 1 aromatic heterocycles. The van der Waals surface area contributed by atoms with Gasteiger partial charge in [0, 0.05) is 10.6 Å². The number of rotatable bonds is 3. The highest BCUT2D eigenvalue weighted by Gasteiger charge is 2.36. The maximum Gasteiger partial charge on any atom is 0.335 e. The van der Waals surface area contributed by atoms with Gasteiger partial charge in [0.05, 0.1) is 10.7 Å². The number of hydrogen-bond donors (Lipinski definition) is 1. The molecule has 1 aliphatic heterocycles. The zero-order valence-corrected chi connectivity index (χ0v) is 16.2. The van der Waals surface area contributed by atoms with Gasteiger partial charge in [0.25, 0.3) is 11.8 Å². The lowest BCUT2D eigenvalue weighted by molar-refractivity contribution is -0.122. The van der Waals surface area contributed by atoms with Crippen LogP contribution in [0.1, 0.15) is 5.76 Å². The van der Waals surface area contributed by atoms with Crippen molar-refractivity contribution in [1.82, 2.24) is 5.32 Å². The number of nitrogens with one attached hydrogen (secondary N) is 1. The average Bonchev–Trinajstić information content (AvgIpc) is 3.14. The first-order valence-corrected chi connectivity index (χ1v) is 9.21. The number of nitrogens with zero attached hydrogens (tertiary/aromatic N) is 1. The van der Waals surface area contributed by atoms with Gasteiger partial charge in [0.2, 0.25) is 0 Å². The minimum Gasteiger partial charge on any atom is -0.457 e. The predicted molar refractivity (Wildman–Crippen MR) is 110 cm³/mol. The number of carbonyl (C=O) groups excluding carboxylic acids is 3. The van der Waals surface area contributed by atoms with Crippen molar-refractivity contribution in [3.05, 3.63) is 82.0 Å². The Hall–Kier alpha value is -3.35. The molecule has 144 valence electrons. The van der Waals surface area contributed by atoms with Crippen LogP contribution >= 0.6 is 23.2 Å². The van der Waals surface area contributed by atoms with Crippen molar-refractivity contribution in [3.8, 4) is 11.3 Å². The van der Waals surface area contributed by atoms with Crippen LogP contribution in [0.4, 0.5) is 10.5 Å². The molecule has 0 spiro atoms. The summed E-state index contributed by atoms with van der Waals surface area (Å²) in [6.45, 7) is 0. The van der Waals surface area contributed by atoms with E-state index in [1.54, 1.807) is 60.7 Å². The van der Waals surface area contributed by atoms with E-state index in [0.29, 0.717) is 27.1 Å². The highest BCUT2D eigenvalue weighted by Crippen LogP contribution is 2.32. The van der Waals surface area contributed by atoms with E-state index in [1.165, 1.54) is 6.08 Å². The zero-order valence-electron chi connectivity index (χ0n) is 14.7. The van der Waals surface area contributed by atoms with Gasteiger partial charge in [-0.25, -0.2) is 9.69 Å².